The zero-order valence-corrected chi connectivity index (χ0v) is 28.0. The van der Waals surface area contributed by atoms with Crippen molar-refractivity contribution in [2.75, 3.05) is 78.4 Å². The minimum atomic E-state index is 0.0989. The lowest BCUT2D eigenvalue weighted by Gasteiger charge is -2.30. The number of benzene rings is 3. The van der Waals surface area contributed by atoms with E-state index < -0.39 is 0 Å². The summed E-state index contributed by atoms with van der Waals surface area (Å²) in [5, 5.41) is 5.07. The topological polar surface area (TPSA) is 96.2 Å². The van der Waals surface area contributed by atoms with Crippen molar-refractivity contribution in [1.29, 1.82) is 0 Å². The van der Waals surface area contributed by atoms with Crippen molar-refractivity contribution < 1.29 is 18.7 Å². The Morgan fingerprint density at radius 2 is 1.73 bits per heavy atom. The lowest BCUT2D eigenvalue weighted by atomic mass is 9.92. The third-order valence-corrected chi connectivity index (χ3v) is 8.23. The maximum absolute atomic E-state index is 12.5. The molecule has 0 saturated carbocycles. The first-order valence-electron chi connectivity index (χ1n) is 15.9. The van der Waals surface area contributed by atoms with E-state index >= 15 is 0 Å². The maximum atomic E-state index is 12.5. The van der Waals surface area contributed by atoms with E-state index in [0.717, 1.165) is 100 Å². The van der Waals surface area contributed by atoms with Crippen LogP contribution in [-0.2, 0) is 4.79 Å². The van der Waals surface area contributed by atoms with Crippen LogP contribution in [0.1, 0.15) is 39.0 Å². The van der Waals surface area contributed by atoms with Gasteiger partial charge in [-0.05, 0) is 57.0 Å². The van der Waals surface area contributed by atoms with Crippen LogP contribution in [0, 0.1) is 0 Å². The van der Waals surface area contributed by atoms with Gasteiger partial charge in [-0.15, -0.1) is 0 Å². The molecular formula is C36H50N5O4+. The molecule has 1 amide bonds. The van der Waals surface area contributed by atoms with E-state index in [-0.39, 0.29) is 5.91 Å². The number of hydrogen-bond acceptors (Lipinski definition) is 7. The molecule has 1 aliphatic heterocycles. The van der Waals surface area contributed by atoms with Gasteiger partial charge in [0.2, 0.25) is 11.3 Å². The highest BCUT2D eigenvalue weighted by molar-refractivity contribution is 6.04. The molecule has 9 heteroatoms. The maximum Gasteiger partial charge on any atom is 0.220 e. The number of carbonyl (C=O) groups excluding carboxylic acids is 1. The normalized spacial score (nSPS) is 11.1. The van der Waals surface area contributed by atoms with Gasteiger partial charge >= 0.3 is 0 Å². The Balaban J connectivity index is 1.75. The summed E-state index contributed by atoms with van der Waals surface area (Å²) in [7, 11) is 11.5. The predicted molar refractivity (Wildman–Crippen MR) is 186 cm³/mol. The Kier molecular flexibility index (Phi) is 11.7. The molecule has 45 heavy (non-hydrogen) atoms. The minimum absolute atomic E-state index is 0.0989. The van der Waals surface area contributed by atoms with Gasteiger partial charge in [0.25, 0.3) is 0 Å². The van der Waals surface area contributed by atoms with Crippen molar-refractivity contribution in [3.8, 4) is 33.9 Å². The summed E-state index contributed by atoms with van der Waals surface area (Å²) in [5.41, 5.74) is 11.4. The Bertz CT molecular complexity index is 1640. The third-order valence-electron chi connectivity index (χ3n) is 8.23. The van der Waals surface area contributed by atoms with Gasteiger partial charge in [0.05, 0.1) is 31.7 Å². The highest BCUT2D eigenvalue weighted by Crippen LogP contribution is 2.47. The fraction of sp³-hybridized carbons (Fsp3) is 0.444. The van der Waals surface area contributed by atoms with Crippen LogP contribution in [0.25, 0.3) is 33.4 Å². The van der Waals surface area contributed by atoms with Crippen molar-refractivity contribution >= 4 is 28.3 Å². The number of amides is 1. The van der Waals surface area contributed by atoms with Crippen LogP contribution < -0.4 is 40.3 Å². The molecule has 0 bridgehead atoms. The number of fused-ring (bicyclic) bond motifs is 2. The number of anilines is 2. The molecule has 0 radical (unpaired) electrons. The Hall–Kier alpha value is -4.24. The molecule has 2 aromatic rings. The monoisotopic (exact) mass is 616 g/mol. The fourth-order valence-electron chi connectivity index (χ4n) is 5.73. The first kappa shape index (κ1) is 33.6. The van der Waals surface area contributed by atoms with Gasteiger partial charge in [0, 0.05) is 80.4 Å². The van der Waals surface area contributed by atoms with Crippen molar-refractivity contribution in [2.24, 2.45) is 5.73 Å². The summed E-state index contributed by atoms with van der Waals surface area (Å²) < 4.78 is 20.2. The fourth-order valence-corrected chi connectivity index (χ4v) is 5.73. The number of carbonyl (C=O) groups is 1. The van der Waals surface area contributed by atoms with Gasteiger partial charge < -0.3 is 34.7 Å². The Labute approximate surface area is 267 Å². The number of nitrogens with two attached hydrogens (primary N) is 1. The van der Waals surface area contributed by atoms with Crippen LogP contribution in [-0.4, -0.2) is 74.5 Å². The van der Waals surface area contributed by atoms with E-state index in [0.29, 0.717) is 19.5 Å². The summed E-state index contributed by atoms with van der Waals surface area (Å²) >= 11 is 0. The van der Waals surface area contributed by atoms with E-state index in [1.807, 2.05) is 26.2 Å². The molecule has 242 valence electrons. The summed E-state index contributed by atoms with van der Waals surface area (Å²) in [5.74, 6) is 2.38. The summed E-state index contributed by atoms with van der Waals surface area (Å²) in [6.45, 7) is 5.10. The minimum Gasteiger partial charge on any atom is -0.497 e. The van der Waals surface area contributed by atoms with Crippen LogP contribution in [0.2, 0.25) is 0 Å². The molecule has 1 aliphatic carbocycles. The van der Waals surface area contributed by atoms with E-state index in [2.05, 4.69) is 77.1 Å². The molecule has 1 heterocycles. The largest absolute Gasteiger partial charge is 0.497 e. The molecule has 0 saturated heterocycles. The molecule has 0 unspecified atom stereocenters. The second kappa shape index (κ2) is 15.7. The summed E-state index contributed by atoms with van der Waals surface area (Å²) in [4.78, 5) is 16.9. The van der Waals surface area contributed by atoms with Crippen LogP contribution in [0.15, 0.2) is 52.9 Å². The number of nitrogens with zero attached hydrogens (tertiary/aromatic N) is 3. The third kappa shape index (κ3) is 7.89. The van der Waals surface area contributed by atoms with Gasteiger partial charge in [-0.1, -0.05) is 6.42 Å². The SMILES string of the molecule is CCN(CCCC(=O)NCCCCCN)c1cc(OC)c(-c2c3ccc(=[N+](C)C)cc-3oc3cc(OC)ccc23)cc1N(C)C. The summed E-state index contributed by atoms with van der Waals surface area (Å²) in [6, 6.07) is 16.6. The molecule has 4 rings (SSSR count). The Morgan fingerprint density at radius 1 is 0.933 bits per heavy atom. The first-order chi connectivity index (χ1) is 21.7. The molecule has 0 fully saturated rings. The molecular weight excluding hydrogens is 566 g/mol. The average Bonchev–Trinajstić information content (AvgIpc) is 3.04. The van der Waals surface area contributed by atoms with Crippen molar-refractivity contribution in [2.45, 2.75) is 39.0 Å². The smallest absolute Gasteiger partial charge is 0.220 e. The number of hydrogen-bond donors (Lipinski definition) is 2. The lowest BCUT2D eigenvalue weighted by molar-refractivity contribution is -0.121. The molecule has 0 aromatic heterocycles. The molecule has 0 spiro atoms. The number of nitrogens with one attached hydrogen (secondary N) is 1. The van der Waals surface area contributed by atoms with E-state index in [1.165, 1.54) is 0 Å². The van der Waals surface area contributed by atoms with E-state index in [1.54, 1.807) is 14.2 Å². The second-order valence-electron chi connectivity index (χ2n) is 11.7. The highest BCUT2D eigenvalue weighted by atomic mass is 16.5. The average molecular weight is 617 g/mol. The molecule has 9 nitrogen and oxygen atoms in total. The first-order valence-corrected chi connectivity index (χ1v) is 15.9. The predicted octanol–water partition coefficient (Wildman–Crippen LogP) is 5.17. The number of rotatable bonds is 15. The Morgan fingerprint density at radius 3 is 2.40 bits per heavy atom. The van der Waals surface area contributed by atoms with Crippen molar-refractivity contribution in [3.05, 3.63) is 53.9 Å². The molecule has 2 aliphatic rings. The number of ether oxygens (including phenoxy) is 2. The van der Waals surface area contributed by atoms with Crippen molar-refractivity contribution in [1.82, 2.24) is 9.89 Å². The molecule has 0 atom stereocenters. The lowest BCUT2D eigenvalue weighted by Crippen LogP contribution is -2.29. The van der Waals surface area contributed by atoms with Gasteiger partial charge in [-0.25, -0.2) is 4.58 Å². The van der Waals surface area contributed by atoms with Crippen LogP contribution in [0.3, 0.4) is 0 Å². The standard InChI is InChI=1S/C36H49N5O4/c1-8-41(20-12-13-35(42)38-19-11-9-10-18-37)31-24-32(44-7)29(23-30(31)40(4)5)36-27-16-14-25(39(2)3)21-33(27)45-34-22-26(43-6)15-17-28(34)36/h14-17,21-24H,8-13,18-20,37H2,1-7H3/p+1. The quantitative estimate of drug-likeness (QED) is 0.108. The van der Waals surface area contributed by atoms with Crippen LogP contribution in [0.4, 0.5) is 11.4 Å². The van der Waals surface area contributed by atoms with Gasteiger partial charge in [-0.2, -0.15) is 0 Å². The molecule has 3 N–H and O–H groups in total. The summed E-state index contributed by atoms with van der Waals surface area (Å²) in [6.07, 6.45) is 4.25. The second-order valence-corrected chi connectivity index (χ2v) is 11.7. The number of methoxy groups -OCH3 is 2. The number of unbranched alkanes of at least 4 members (excludes halogenated alkanes) is 2. The zero-order valence-electron chi connectivity index (χ0n) is 28.0. The molecule has 2 aromatic carbocycles. The van der Waals surface area contributed by atoms with Crippen LogP contribution in [0.5, 0.6) is 11.5 Å². The van der Waals surface area contributed by atoms with E-state index in [9.17, 15) is 4.79 Å². The van der Waals surface area contributed by atoms with Crippen LogP contribution >= 0.6 is 0 Å². The van der Waals surface area contributed by atoms with Gasteiger partial charge in [0.15, 0.2) is 0 Å². The van der Waals surface area contributed by atoms with Gasteiger partial charge in [-0.3, -0.25) is 4.79 Å². The van der Waals surface area contributed by atoms with Gasteiger partial charge in [0.1, 0.15) is 36.9 Å². The highest BCUT2D eigenvalue weighted by Gasteiger charge is 2.24. The van der Waals surface area contributed by atoms with E-state index in [4.69, 9.17) is 19.6 Å². The van der Waals surface area contributed by atoms with Crippen molar-refractivity contribution in [3.63, 3.8) is 0 Å². The zero-order chi connectivity index (χ0) is 32.5.